The van der Waals surface area contributed by atoms with Gasteiger partial charge in [-0.2, -0.15) is 0 Å². The highest BCUT2D eigenvalue weighted by atomic mass is 32.1. The zero-order valence-electron chi connectivity index (χ0n) is 36.8. The fourth-order valence-corrected chi connectivity index (χ4v) is 11.9. The summed E-state index contributed by atoms with van der Waals surface area (Å²) in [4.78, 5) is 2.40. The van der Waals surface area contributed by atoms with Crippen LogP contribution in [0.3, 0.4) is 0 Å². The number of nitrogens with zero attached hydrogens (tertiary/aromatic N) is 1. The fourth-order valence-electron chi connectivity index (χ4n) is 10.9. The fraction of sp³-hybridized carbons (Fsp3) is 0.0794. The van der Waals surface area contributed by atoms with Crippen LogP contribution in [0.25, 0.3) is 75.8 Å². The van der Waals surface area contributed by atoms with Crippen LogP contribution >= 0.6 is 11.3 Å². The molecule has 2 aliphatic carbocycles. The van der Waals surface area contributed by atoms with Gasteiger partial charge < -0.3 is 9.64 Å². The van der Waals surface area contributed by atoms with E-state index in [1.54, 1.807) is 0 Å². The molecule has 13 rings (SSSR count). The minimum atomic E-state index is -0.104. The van der Waals surface area contributed by atoms with Gasteiger partial charge in [0, 0.05) is 54.1 Å². The summed E-state index contributed by atoms with van der Waals surface area (Å²) >= 11 is 1.86. The summed E-state index contributed by atoms with van der Waals surface area (Å²) in [7, 11) is 0. The van der Waals surface area contributed by atoms with E-state index in [-0.39, 0.29) is 17.4 Å². The predicted octanol–water partition coefficient (Wildman–Crippen LogP) is 17.5. The van der Waals surface area contributed by atoms with Crippen LogP contribution in [0.1, 0.15) is 36.5 Å². The lowest BCUT2D eigenvalue weighted by atomic mass is 9.81. The first-order chi connectivity index (χ1) is 32.4. The van der Waals surface area contributed by atoms with Crippen molar-refractivity contribution in [3.05, 3.63) is 241 Å². The maximum atomic E-state index is 6.40. The van der Waals surface area contributed by atoms with Gasteiger partial charge in [-0.3, -0.25) is 0 Å². The van der Waals surface area contributed by atoms with Crippen molar-refractivity contribution in [2.45, 2.75) is 31.3 Å². The molecule has 314 valence electrons. The second kappa shape index (κ2) is 15.2. The Bertz CT molecular complexity index is 3590. The molecule has 2 nitrogen and oxygen atoms in total. The molecule has 0 saturated heterocycles. The molecule has 2 unspecified atom stereocenters. The van der Waals surface area contributed by atoms with E-state index in [0.29, 0.717) is 0 Å². The molecule has 66 heavy (non-hydrogen) atoms. The third-order valence-corrected chi connectivity index (χ3v) is 15.4. The number of fused-ring (bicyclic) bond motifs is 9. The van der Waals surface area contributed by atoms with Crippen LogP contribution in [0.5, 0.6) is 5.75 Å². The van der Waals surface area contributed by atoms with Crippen molar-refractivity contribution < 1.29 is 4.74 Å². The lowest BCUT2D eigenvalue weighted by Crippen LogP contribution is -2.15. The molecule has 3 aliphatic rings. The normalized spacial score (nSPS) is 16.2. The minimum Gasteiger partial charge on any atom is -0.485 e. The van der Waals surface area contributed by atoms with Gasteiger partial charge in [0.25, 0.3) is 0 Å². The lowest BCUT2D eigenvalue weighted by Gasteiger charge is -2.27. The van der Waals surface area contributed by atoms with Crippen molar-refractivity contribution in [1.82, 2.24) is 0 Å². The molecular formula is C63H45NOS. The zero-order chi connectivity index (χ0) is 43.9. The Morgan fingerprint density at radius 2 is 1.06 bits per heavy atom. The van der Waals surface area contributed by atoms with E-state index in [9.17, 15) is 0 Å². The van der Waals surface area contributed by atoms with Gasteiger partial charge in [0.2, 0.25) is 0 Å². The maximum Gasteiger partial charge on any atom is 0.128 e. The second-order valence-electron chi connectivity index (χ2n) is 18.4. The average molecular weight is 864 g/mol. The summed E-state index contributed by atoms with van der Waals surface area (Å²) in [5.74, 6) is 1.19. The van der Waals surface area contributed by atoms with Gasteiger partial charge >= 0.3 is 0 Å². The third kappa shape index (κ3) is 6.30. The molecule has 1 aliphatic heterocycles. The number of ether oxygens (including phenoxy) is 1. The van der Waals surface area contributed by atoms with Crippen molar-refractivity contribution in [3.8, 4) is 61.4 Å². The van der Waals surface area contributed by atoms with E-state index in [1.165, 1.54) is 92.5 Å². The summed E-state index contributed by atoms with van der Waals surface area (Å²) in [6.07, 6.45) is 8.72. The first-order valence-corrected chi connectivity index (χ1v) is 23.8. The highest BCUT2D eigenvalue weighted by Gasteiger charge is 2.36. The highest BCUT2D eigenvalue weighted by molar-refractivity contribution is 7.25. The molecular weight excluding hydrogens is 819 g/mol. The summed E-state index contributed by atoms with van der Waals surface area (Å²) in [5.41, 5.74) is 19.6. The molecule has 9 aromatic carbocycles. The van der Waals surface area contributed by atoms with Crippen LogP contribution in [0.2, 0.25) is 0 Å². The molecule has 1 aromatic heterocycles. The van der Waals surface area contributed by atoms with Crippen LogP contribution in [-0.2, 0) is 5.41 Å². The highest BCUT2D eigenvalue weighted by Crippen LogP contribution is 2.51. The van der Waals surface area contributed by atoms with E-state index < -0.39 is 0 Å². The summed E-state index contributed by atoms with van der Waals surface area (Å²) in [6, 6.07) is 74.1. The largest absolute Gasteiger partial charge is 0.485 e. The van der Waals surface area contributed by atoms with Crippen LogP contribution < -0.4 is 9.64 Å². The number of hydrogen-bond acceptors (Lipinski definition) is 3. The summed E-state index contributed by atoms with van der Waals surface area (Å²) in [5, 5.41) is 2.63. The first kappa shape index (κ1) is 38.7. The third-order valence-electron chi connectivity index (χ3n) is 14.2. The topological polar surface area (TPSA) is 12.5 Å². The first-order valence-electron chi connectivity index (χ1n) is 23.0. The predicted molar refractivity (Wildman–Crippen MR) is 279 cm³/mol. The number of hydrogen-bond donors (Lipinski definition) is 0. The van der Waals surface area contributed by atoms with Gasteiger partial charge in [0.15, 0.2) is 0 Å². The van der Waals surface area contributed by atoms with Crippen molar-refractivity contribution in [1.29, 1.82) is 0 Å². The minimum absolute atomic E-state index is 0.0436. The Kier molecular flexibility index (Phi) is 8.91. The zero-order valence-corrected chi connectivity index (χ0v) is 37.6. The molecule has 3 heteroatoms. The Morgan fingerprint density at radius 1 is 0.424 bits per heavy atom. The molecule has 2 atom stereocenters. The van der Waals surface area contributed by atoms with Gasteiger partial charge in [0.05, 0.1) is 0 Å². The molecule has 2 heterocycles. The molecule has 0 spiro atoms. The van der Waals surface area contributed by atoms with Crippen molar-refractivity contribution >= 4 is 48.6 Å². The van der Waals surface area contributed by atoms with Crippen LogP contribution in [0, 0.1) is 0 Å². The van der Waals surface area contributed by atoms with Gasteiger partial charge in [-0.05, 0) is 146 Å². The van der Waals surface area contributed by atoms with Crippen LogP contribution in [0.4, 0.5) is 17.1 Å². The average Bonchev–Trinajstić information content (AvgIpc) is 4.02. The molecule has 0 bridgehead atoms. The smallest absolute Gasteiger partial charge is 0.128 e. The SMILES string of the molecule is CC1(C)c2ccc(-c3cccc(N(c4ccc(-c5ccc6sc7ccccc7c6c5)cc4)c4ccc(-c5cccc6c5C5C=CC=CC5O6)cc4)c3)cc2-c2ccc(-c3ccccc3)cc21. The molecule has 0 N–H and O–H groups in total. The number of anilines is 3. The Labute approximate surface area is 390 Å². The monoisotopic (exact) mass is 863 g/mol. The molecule has 0 radical (unpaired) electrons. The van der Waals surface area contributed by atoms with Gasteiger partial charge in [-0.1, -0.05) is 159 Å². The number of rotatable bonds is 7. The molecule has 0 saturated carbocycles. The number of allylic oxidation sites excluding steroid dienone is 2. The molecule has 0 fully saturated rings. The van der Waals surface area contributed by atoms with Gasteiger partial charge in [-0.15, -0.1) is 11.3 Å². The van der Waals surface area contributed by atoms with E-state index in [0.717, 1.165) is 22.8 Å². The van der Waals surface area contributed by atoms with Gasteiger partial charge in [-0.25, -0.2) is 0 Å². The second-order valence-corrected chi connectivity index (χ2v) is 19.5. The Balaban J connectivity index is 0.889. The van der Waals surface area contributed by atoms with Crippen molar-refractivity contribution in [3.63, 3.8) is 0 Å². The maximum absolute atomic E-state index is 6.40. The van der Waals surface area contributed by atoms with Crippen molar-refractivity contribution in [2.75, 3.05) is 4.90 Å². The van der Waals surface area contributed by atoms with Crippen molar-refractivity contribution in [2.24, 2.45) is 0 Å². The summed E-state index contributed by atoms with van der Waals surface area (Å²) < 4.78 is 9.05. The van der Waals surface area contributed by atoms with E-state index in [4.69, 9.17) is 4.74 Å². The standard InChI is InChI=1S/C63H45NOS/c1-63(2)56-34-27-45(37-54(56)51-33-26-46(39-57(51)63)40-12-4-3-5-13-40)43-14-10-15-49(36-43)64(47-29-22-41(23-30-47)44-28-35-61-55(38-44)52-16-7-9-21-60(52)66-61)48-31-24-42(25-32-48)50-18-11-20-59-62(50)53-17-6-8-19-58(53)65-59/h3-39,53,58H,1-2H3. The van der Waals surface area contributed by atoms with Crippen LogP contribution in [-0.4, -0.2) is 6.10 Å². The number of thiophene rings is 1. The molecule has 10 aromatic rings. The Morgan fingerprint density at radius 3 is 1.91 bits per heavy atom. The summed E-state index contributed by atoms with van der Waals surface area (Å²) in [6.45, 7) is 4.73. The lowest BCUT2D eigenvalue weighted by molar-refractivity contribution is 0.269. The van der Waals surface area contributed by atoms with E-state index in [1.807, 2.05) is 11.3 Å². The Hall–Kier alpha value is -7.72. The van der Waals surface area contributed by atoms with Gasteiger partial charge in [0.1, 0.15) is 11.9 Å². The van der Waals surface area contributed by atoms with E-state index >= 15 is 0 Å². The van der Waals surface area contributed by atoms with Crippen LogP contribution in [0.15, 0.2) is 224 Å². The quantitative estimate of drug-likeness (QED) is 0.158. The van der Waals surface area contributed by atoms with E-state index in [2.05, 4.69) is 243 Å². The molecule has 0 amide bonds. The number of benzene rings is 9.